The highest BCUT2D eigenvalue weighted by atomic mass is 19.1. The smallest absolute Gasteiger partial charge is 0.289 e. The van der Waals surface area contributed by atoms with Gasteiger partial charge in [-0.25, -0.2) is 4.39 Å². The number of piperidine rings is 1. The molecule has 2 heterocycles. The van der Waals surface area contributed by atoms with Crippen molar-refractivity contribution in [1.29, 1.82) is 0 Å². The lowest BCUT2D eigenvalue weighted by molar-refractivity contribution is 0.0232. The molecule has 0 spiro atoms. The van der Waals surface area contributed by atoms with Crippen LogP contribution in [0.2, 0.25) is 0 Å². The predicted octanol–water partition coefficient (Wildman–Crippen LogP) is 2.41. The van der Waals surface area contributed by atoms with E-state index in [0.717, 1.165) is 6.42 Å². The molecule has 5 heteroatoms. The summed E-state index contributed by atoms with van der Waals surface area (Å²) >= 11 is 0. The van der Waals surface area contributed by atoms with Gasteiger partial charge in [0.2, 0.25) is 0 Å². The number of hydrogen-bond donors (Lipinski definition) is 1. The molecule has 1 aliphatic rings. The van der Waals surface area contributed by atoms with Crippen LogP contribution in [-0.4, -0.2) is 35.1 Å². The molecule has 4 nitrogen and oxygen atoms in total. The van der Waals surface area contributed by atoms with Crippen LogP contribution in [-0.2, 0) is 0 Å². The topological polar surface area (TPSA) is 53.7 Å². The molecule has 1 N–H and O–H groups in total. The highest BCUT2D eigenvalue weighted by Crippen LogP contribution is 2.24. The van der Waals surface area contributed by atoms with Crippen molar-refractivity contribution in [1.82, 2.24) is 4.90 Å². The van der Waals surface area contributed by atoms with E-state index in [4.69, 9.17) is 4.42 Å². The highest BCUT2D eigenvalue weighted by Gasteiger charge is 2.29. The molecular weight excluding hydrogens is 261 g/mol. The number of hydrogen-bond acceptors (Lipinski definition) is 3. The second kappa shape index (κ2) is 4.90. The number of halogens is 1. The van der Waals surface area contributed by atoms with E-state index >= 15 is 0 Å². The van der Waals surface area contributed by atoms with Crippen molar-refractivity contribution >= 4 is 16.9 Å². The van der Waals surface area contributed by atoms with E-state index < -0.39 is 6.10 Å². The third-order valence-electron chi connectivity index (χ3n) is 3.89. The molecule has 0 radical (unpaired) electrons. The van der Waals surface area contributed by atoms with Gasteiger partial charge in [0, 0.05) is 18.5 Å². The van der Waals surface area contributed by atoms with Crippen molar-refractivity contribution in [3.05, 3.63) is 35.8 Å². The molecule has 1 aromatic carbocycles. The highest BCUT2D eigenvalue weighted by molar-refractivity contribution is 5.96. The van der Waals surface area contributed by atoms with Crippen LogP contribution in [0, 0.1) is 11.7 Å². The van der Waals surface area contributed by atoms with E-state index in [0.29, 0.717) is 24.1 Å². The summed E-state index contributed by atoms with van der Waals surface area (Å²) in [6, 6.07) is 5.69. The molecule has 1 fully saturated rings. The van der Waals surface area contributed by atoms with Gasteiger partial charge in [0.05, 0.1) is 6.10 Å². The van der Waals surface area contributed by atoms with Gasteiger partial charge in [-0.05, 0) is 36.6 Å². The van der Waals surface area contributed by atoms with Crippen molar-refractivity contribution in [2.24, 2.45) is 5.92 Å². The fraction of sp³-hybridized carbons (Fsp3) is 0.400. The van der Waals surface area contributed by atoms with Gasteiger partial charge in [0.1, 0.15) is 11.4 Å². The van der Waals surface area contributed by atoms with Crippen molar-refractivity contribution in [2.75, 3.05) is 13.1 Å². The summed E-state index contributed by atoms with van der Waals surface area (Å²) < 4.78 is 18.6. The first-order valence-corrected chi connectivity index (χ1v) is 6.71. The lowest BCUT2D eigenvalue weighted by Gasteiger charge is -2.33. The Morgan fingerprint density at radius 1 is 1.45 bits per heavy atom. The van der Waals surface area contributed by atoms with Gasteiger partial charge < -0.3 is 14.4 Å². The number of fused-ring (bicyclic) bond motifs is 1. The first-order chi connectivity index (χ1) is 9.54. The molecule has 106 valence electrons. The summed E-state index contributed by atoms with van der Waals surface area (Å²) in [5.74, 6) is -0.233. The van der Waals surface area contributed by atoms with Crippen LogP contribution in [0.25, 0.3) is 11.0 Å². The number of rotatable bonds is 1. The first kappa shape index (κ1) is 13.1. The summed E-state index contributed by atoms with van der Waals surface area (Å²) in [6.45, 7) is 2.88. The van der Waals surface area contributed by atoms with Crippen LogP contribution in [0.5, 0.6) is 0 Å². The summed E-state index contributed by atoms with van der Waals surface area (Å²) in [5.41, 5.74) is 0.487. The second-order valence-electron chi connectivity index (χ2n) is 5.38. The molecule has 0 aliphatic carbocycles. The van der Waals surface area contributed by atoms with Crippen LogP contribution in [0.1, 0.15) is 23.9 Å². The molecule has 2 aromatic rings. The van der Waals surface area contributed by atoms with Gasteiger partial charge in [0.25, 0.3) is 5.91 Å². The molecule has 0 bridgehead atoms. The zero-order valence-electron chi connectivity index (χ0n) is 11.2. The van der Waals surface area contributed by atoms with Crippen LogP contribution in [0.3, 0.4) is 0 Å². The lowest BCUT2D eigenvalue weighted by atomic mass is 9.96. The minimum atomic E-state index is -0.505. The SMILES string of the molecule is CC1CCN(C(=O)c2cc3cc(F)ccc3o2)CC1O. The maximum absolute atomic E-state index is 13.1. The Hall–Kier alpha value is -1.88. The van der Waals surface area contributed by atoms with Crippen LogP contribution >= 0.6 is 0 Å². The van der Waals surface area contributed by atoms with Gasteiger partial charge in [-0.1, -0.05) is 6.92 Å². The number of β-amino-alcohol motifs (C(OH)–C–C–N with tert-alkyl or cyclic N) is 1. The summed E-state index contributed by atoms with van der Waals surface area (Å²) in [4.78, 5) is 13.9. The Morgan fingerprint density at radius 3 is 3.00 bits per heavy atom. The number of carbonyl (C=O) groups is 1. The molecule has 2 unspecified atom stereocenters. The maximum atomic E-state index is 13.1. The lowest BCUT2D eigenvalue weighted by Crippen LogP contribution is -2.45. The summed E-state index contributed by atoms with van der Waals surface area (Å²) in [6.07, 6.45) is 0.261. The maximum Gasteiger partial charge on any atom is 0.289 e. The number of benzene rings is 1. The second-order valence-corrected chi connectivity index (χ2v) is 5.38. The number of amides is 1. The minimum absolute atomic E-state index is 0.187. The van der Waals surface area contributed by atoms with Crippen LogP contribution in [0.4, 0.5) is 4.39 Å². The van der Waals surface area contributed by atoms with E-state index in [-0.39, 0.29) is 23.4 Å². The van der Waals surface area contributed by atoms with Gasteiger partial charge in [-0.2, -0.15) is 0 Å². The number of aliphatic hydroxyl groups excluding tert-OH is 1. The zero-order chi connectivity index (χ0) is 14.3. The Balaban J connectivity index is 1.85. The van der Waals surface area contributed by atoms with E-state index in [1.807, 2.05) is 6.92 Å². The fourth-order valence-corrected chi connectivity index (χ4v) is 2.51. The number of likely N-dealkylation sites (tertiary alicyclic amines) is 1. The molecule has 1 amide bonds. The third-order valence-corrected chi connectivity index (χ3v) is 3.89. The molecule has 2 atom stereocenters. The molecule has 1 aromatic heterocycles. The van der Waals surface area contributed by atoms with Crippen molar-refractivity contribution in [2.45, 2.75) is 19.4 Å². The van der Waals surface area contributed by atoms with Crippen molar-refractivity contribution < 1.29 is 18.7 Å². The monoisotopic (exact) mass is 277 g/mol. The van der Waals surface area contributed by atoms with Crippen LogP contribution in [0.15, 0.2) is 28.7 Å². The third kappa shape index (κ3) is 2.29. The van der Waals surface area contributed by atoms with E-state index in [1.54, 1.807) is 11.0 Å². The fourth-order valence-electron chi connectivity index (χ4n) is 2.51. The summed E-state index contributed by atoms with van der Waals surface area (Å²) in [5, 5.41) is 10.4. The number of aliphatic hydroxyl groups is 1. The zero-order valence-corrected chi connectivity index (χ0v) is 11.2. The number of carbonyl (C=O) groups excluding carboxylic acids is 1. The molecule has 0 saturated carbocycles. The van der Waals surface area contributed by atoms with Crippen LogP contribution < -0.4 is 0 Å². The Kier molecular flexibility index (Phi) is 3.22. The Labute approximate surface area is 115 Å². The van der Waals surface area contributed by atoms with E-state index in [9.17, 15) is 14.3 Å². The normalized spacial score (nSPS) is 23.2. The average Bonchev–Trinajstić information content (AvgIpc) is 2.84. The minimum Gasteiger partial charge on any atom is -0.451 e. The van der Waals surface area contributed by atoms with Crippen molar-refractivity contribution in [3.8, 4) is 0 Å². The molecule has 20 heavy (non-hydrogen) atoms. The first-order valence-electron chi connectivity index (χ1n) is 6.71. The quantitative estimate of drug-likeness (QED) is 0.871. The molecule has 1 aliphatic heterocycles. The summed E-state index contributed by atoms with van der Waals surface area (Å²) in [7, 11) is 0. The average molecular weight is 277 g/mol. The number of furan rings is 1. The Morgan fingerprint density at radius 2 is 2.25 bits per heavy atom. The van der Waals surface area contributed by atoms with E-state index in [2.05, 4.69) is 0 Å². The van der Waals surface area contributed by atoms with Gasteiger partial charge in [-0.15, -0.1) is 0 Å². The molecule has 3 rings (SSSR count). The van der Waals surface area contributed by atoms with E-state index in [1.165, 1.54) is 18.2 Å². The Bertz CT molecular complexity index is 652. The molecular formula is C15H16FNO3. The standard InChI is InChI=1S/C15H16FNO3/c1-9-4-5-17(8-12(9)18)15(19)14-7-10-6-11(16)2-3-13(10)20-14/h2-3,6-7,9,12,18H,4-5,8H2,1H3. The van der Waals surface area contributed by atoms with Crippen molar-refractivity contribution in [3.63, 3.8) is 0 Å². The van der Waals surface area contributed by atoms with Gasteiger partial charge in [0.15, 0.2) is 5.76 Å². The van der Waals surface area contributed by atoms with Gasteiger partial charge in [-0.3, -0.25) is 4.79 Å². The van der Waals surface area contributed by atoms with Gasteiger partial charge >= 0.3 is 0 Å². The molecule has 1 saturated heterocycles. The number of nitrogens with zero attached hydrogens (tertiary/aromatic N) is 1. The predicted molar refractivity (Wildman–Crippen MR) is 71.9 cm³/mol. The largest absolute Gasteiger partial charge is 0.451 e.